The van der Waals surface area contributed by atoms with Crippen molar-refractivity contribution in [3.8, 4) is 0 Å². The van der Waals surface area contributed by atoms with Crippen molar-refractivity contribution in [2.24, 2.45) is 0 Å². The van der Waals surface area contributed by atoms with Crippen molar-refractivity contribution < 1.29 is 9.59 Å². The van der Waals surface area contributed by atoms with Crippen LogP contribution in [0.15, 0.2) is 35.9 Å². The van der Waals surface area contributed by atoms with Crippen molar-refractivity contribution in [2.75, 3.05) is 18.4 Å². The van der Waals surface area contributed by atoms with Gasteiger partial charge in [-0.15, -0.1) is 0 Å². The van der Waals surface area contributed by atoms with Crippen molar-refractivity contribution in [3.63, 3.8) is 0 Å². The highest BCUT2D eigenvalue weighted by Gasteiger charge is 2.05. The van der Waals surface area contributed by atoms with Gasteiger partial charge in [-0.2, -0.15) is 0 Å². The van der Waals surface area contributed by atoms with Crippen LogP contribution in [-0.2, 0) is 4.79 Å². The Morgan fingerprint density at radius 3 is 2.55 bits per heavy atom. The number of carbonyl (C=O) groups excluding carboxylic acids is 2. The van der Waals surface area contributed by atoms with Crippen molar-refractivity contribution >= 4 is 17.4 Å². The van der Waals surface area contributed by atoms with E-state index in [1.807, 2.05) is 12.1 Å². The molecule has 0 aromatic heterocycles. The van der Waals surface area contributed by atoms with Gasteiger partial charge < -0.3 is 10.6 Å². The second-order valence-corrected chi connectivity index (χ2v) is 5.70. The standard InChI is InChI=1S/C18H24N2O2/c1-14(21)16-7-9-17(10-8-16)20-13-18(22)19-12-11-15-5-3-2-4-6-15/h5,7-10,20H,2-4,6,11-13H2,1H3,(H,19,22). The highest BCUT2D eigenvalue weighted by atomic mass is 16.1. The van der Waals surface area contributed by atoms with Gasteiger partial charge in [0.2, 0.25) is 5.91 Å². The Balaban J connectivity index is 1.66. The number of hydrogen-bond acceptors (Lipinski definition) is 3. The normalized spacial score (nSPS) is 14.1. The SMILES string of the molecule is CC(=O)c1ccc(NCC(=O)NCCC2=CCCCC2)cc1. The third-order valence-corrected chi connectivity index (χ3v) is 3.90. The van der Waals surface area contributed by atoms with E-state index in [1.54, 1.807) is 12.1 Å². The molecular weight excluding hydrogens is 276 g/mol. The summed E-state index contributed by atoms with van der Waals surface area (Å²) in [5, 5.41) is 5.99. The molecule has 0 fully saturated rings. The van der Waals surface area contributed by atoms with Crippen LogP contribution >= 0.6 is 0 Å². The van der Waals surface area contributed by atoms with Crippen LogP contribution in [0.3, 0.4) is 0 Å². The molecule has 1 aromatic rings. The highest BCUT2D eigenvalue weighted by Crippen LogP contribution is 2.19. The molecule has 0 spiro atoms. The molecule has 1 aliphatic rings. The quantitative estimate of drug-likeness (QED) is 0.600. The molecule has 22 heavy (non-hydrogen) atoms. The summed E-state index contributed by atoms with van der Waals surface area (Å²) in [7, 11) is 0. The number of nitrogens with one attached hydrogen (secondary N) is 2. The number of hydrogen-bond donors (Lipinski definition) is 2. The summed E-state index contributed by atoms with van der Waals surface area (Å²) in [6, 6.07) is 7.16. The van der Waals surface area contributed by atoms with Gasteiger partial charge in [0.1, 0.15) is 0 Å². The van der Waals surface area contributed by atoms with Gasteiger partial charge in [0.15, 0.2) is 5.78 Å². The lowest BCUT2D eigenvalue weighted by molar-refractivity contribution is -0.119. The first-order valence-electron chi connectivity index (χ1n) is 7.94. The summed E-state index contributed by atoms with van der Waals surface area (Å²) in [6.45, 7) is 2.49. The molecule has 0 aliphatic heterocycles. The molecule has 0 atom stereocenters. The van der Waals surface area contributed by atoms with Crippen LogP contribution in [0.5, 0.6) is 0 Å². The fraction of sp³-hybridized carbons (Fsp3) is 0.444. The molecule has 2 rings (SSSR count). The van der Waals surface area contributed by atoms with Crippen LogP contribution in [-0.4, -0.2) is 24.8 Å². The van der Waals surface area contributed by atoms with Gasteiger partial charge >= 0.3 is 0 Å². The van der Waals surface area contributed by atoms with Gasteiger partial charge in [-0.25, -0.2) is 0 Å². The van der Waals surface area contributed by atoms with Gasteiger partial charge in [0.05, 0.1) is 6.54 Å². The second kappa shape index (κ2) is 8.37. The Morgan fingerprint density at radius 2 is 1.91 bits per heavy atom. The predicted octanol–water partition coefficient (Wildman–Crippen LogP) is 3.31. The number of carbonyl (C=O) groups is 2. The summed E-state index contributed by atoms with van der Waals surface area (Å²) in [5.74, 6) is 0.0355. The third-order valence-electron chi connectivity index (χ3n) is 3.90. The van der Waals surface area contributed by atoms with Gasteiger partial charge in [-0.05, 0) is 63.3 Å². The van der Waals surface area contributed by atoms with Crippen LogP contribution in [0.1, 0.15) is 49.4 Å². The Hall–Kier alpha value is -2.10. The van der Waals surface area contributed by atoms with E-state index in [4.69, 9.17) is 0 Å². The zero-order chi connectivity index (χ0) is 15.8. The average molecular weight is 300 g/mol. The number of anilines is 1. The molecule has 118 valence electrons. The van der Waals surface area contributed by atoms with Crippen molar-refractivity contribution in [1.82, 2.24) is 5.32 Å². The van der Waals surface area contributed by atoms with Crippen LogP contribution in [0, 0.1) is 0 Å². The Morgan fingerprint density at radius 1 is 1.14 bits per heavy atom. The minimum Gasteiger partial charge on any atom is -0.376 e. The Bertz CT molecular complexity index is 547. The van der Waals surface area contributed by atoms with E-state index in [0.717, 1.165) is 12.1 Å². The number of amides is 1. The maximum atomic E-state index is 11.8. The molecule has 0 bridgehead atoms. The second-order valence-electron chi connectivity index (χ2n) is 5.70. The van der Waals surface area contributed by atoms with Crippen LogP contribution < -0.4 is 10.6 Å². The molecule has 0 heterocycles. The molecule has 0 unspecified atom stereocenters. The molecule has 2 N–H and O–H groups in total. The summed E-state index contributed by atoms with van der Waals surface area (Å²) >= 11 is 0. The molecule has 4 nitrogen and oxygen atoms in total. The van der Waals surface area contributed by atoms with E-state index in [1.165, 1.54) is 38.2 Å². The molecule has 0 saturated carbocycles. The molecule has 4 heteroatoms. The molecule has 1 amide bonds. The van der Waals surface area contributed by atoms with Gasteiger partial charge in [0.25, 0.3) is 0 Å². The molecule has 1 aliphatic carbocycles. The maximum Gasteiger partial charge on any atom is 0.239 e. The smallest absolute Gasteiger partial charge is 0.239 e. The fourth-order valence-electron chi connectivity index (χ4n) is 2.56. The largest absolute Gasteiger partial charge is 0.376 e. The lowest BCUT2D eigenvalue weighted by atomic mass is 9.97. The summed E-state index contributed by atoms with van der Waals surface area (Å²) in [4.78, 5) is 23.0. The summed E-state index contributed by atoms with van der Waals surface area (Å²) in [6.07, 6.45) is 8.20. The van der Waals surface area contributed by atoms with Crippen molar-refractivity contribution in [3.05, 3.63) is 41.5 Å². The first kappa shape index (κ1) is 16.3. The Labute approximate surface area is 132 Å². The lowest BCUT2D eigenvalue weighted by Crippen LogP contribution is -2.30. The van der Waals surface area contributed by atoms with Crippen molar-refractivity contribution in [1.29, 1.82) is 0 Å². The van der Waals surface area contributed by atoms with E-state index in [0.29, 0.717) is 12.1 Å². The van der Waals surface area contributed by atoms with Gasteiger partial charge in [-0.3, -0.25) is 9.59 Å². The van der Waals surface area contributed by atoms with Gasteiger partial charge in [0, 0.05) is 17.8 Å². The monoisotopic (exact) mass is 300 g/mol. The van der Waals surface area contributed by atoms with E-state index >= 15 is 0 Å². The number of rotatable bonds is 7. The fourth-order valence-corrected chi connectivity index (χ4v) is 2.56. The van der Waals surface area contributed by atoms with Gasteiger partial charge in [-0.1, -0.05) is 11.6 Å². The average Bonchev–Trinajstić information content (AvgIpc) is 2.54. The highest BCUT2D eigenvalue weighted by molar-refractivity contribution is 5.94. The summed E-state index contributed by atoms with van der Waals surface area (Å²) in [5.41, 5.74) is 2.99. The Kier molecular flexibility index (Phi) is 6.19. The van der Waals surface area contributed by atoms with E-state index in [2.05, 4.69) is 16.7 Å². The number of Topliss-reactive ketones (excluding diaryl/α,β-unsaturated/α-hetero) is 1. The van der Waals surface area contributed by atoms with E-state index in [9.17, 15) is 9.59 Å². The number of ketones is 1. The first-order chi connectivity index (χ1) is 10.6. The van der Waals surface area contributed by atoms with Crippen LogP contribution in [0.4, 0.5) is 5.69 Å². The molecule has 0 saturated heterocycles. The molecule has 1 aromatic carbocycles. The van der Waals surface area contributed by atoms with E-state index in [-0.39, 0.29) is 18.2 Å². The van der Waals surface area contributed by atoms with E-state index < -0.39 is 0 Å². The van der Waals surface area contributed by atoms with Crippen LogP contribution in [0.2, 0.25) is 0 Å². The molecular formula is C18H24N2O2. The molecule has 0 radical (unpaired) electrons. The minimum absolute atomic E-state index is 0.00736. The minimum atomic E-state index is -0.00736. The number of benzene rings is 1. The zero-order valence-corrected chi connectivity index (χ0v) is 13.2. The first-order valence-corrected chi connectivity index (χ1v) is 7.94. The number of allylic oxidation sites excluding steroid dienone is 1. The van der Waals surface area contributed by atoms with Crippen molar-refractivity contribution in [2.45, 2.75) is 39.0 Å². The predicted molar refractivity (Wildman–Crippen MR) is 89.1 cm³/mol. The topological polar surface area (TPSA) is 58.2 Å². The zero-order valence-electron chi connectivity index (χ0n) is 13.2. The lowest BCUT2D eigenvalue weighted by Gasteiger charge is -2.13. The third kappa shape index (κ3) is 5.35. The maximum absolute atomic E-state index is 11.8. The summed E-state index contributed by atoms with van der Waals surface area (Å²) < 4.78 is 0. The van der Waals surface area contributed by atoms with Crippen LogP contribution in [0.25, 0.3) is 0 Å².